The Kier molecular flexibility index (Phi) is 3.30. The Balaban J connectivity index is 2.23. The molecule has 86 valence electrons. The van der Waals surface area contributed by atoms with Crippen LogP contribution in [0.25, 0.3) is 11.0 Å². The first-order chi connectivity index (χ1) is 7.70. The molecule has 2 nitrogen and oxygen atoms in total. The standard InChI is InChI=1S/C14H19NO/c1-10(9-15-3)7-13-8-12-6-4-5-11(2)14(12)16-13/h4-6,8,10,15H,7,9H2,1-3H3. The summed E-state index contributed by atoms with van der Waals surface area (Å²) < 4.78 is 5.89. The molecule has 0 saturated carbocycles. The maximum Gasteiger partial charge on any atom is 0.137 e. The minimum Gasteiger partial charge on any atom is -0.461 e. The topological polar surface area (TPSA) is 25.2 Å². The number of aryl methyl sites for hydroxylation is 1. The van der Waals surface area contributed by atoms with Gasteiger partial charge >= 0.3 is 0 Å². The second-order valence-electron chi connectivity index (χ2n) is 4.57. The van der Waals surface area contributed by atoms with Gasteiger partial charge in [-0.3, -0.25) is 0 Å². The summed E-state index contributed by atoms with van der Waals surface area (Å²) in [5, 5.41) is 4.41. The highest BCUT2D eigenvalue weighted by molar-refractivity contribution is 5.80. The molecular formula is C14H19NO. The zero-order valence-electron chi connectivity index (χ0n) is 10.2. The van der Waals surface area contributed by atoms with E-state index in [0.29, 0.717) is 5.92 Å². The molecule has 16 heavy (non-hydrogen) atoms. The van der Waals surface area contributed by atoms with Crippen LogP contribution in [0.1, 0.15) is 18.2 Å². The van der Waals surface area contributed by atoms with Crippen LogP contribution in [0.15, 0.2) is 28.7 Å². The molecule has 0 bridgehead atoms. The average molecular weight is 217 g/mol. The predicted molar refractivity (Wildman–Crippen MR) is 67.7 cm³/mol. The maximum absolute atomic E-state index is 5.89. The largest absolute Gasteiger partial charge is 0.461 e. The lowest BCUT2D eigenvalue weighted by Gasteiger charge is -2.07. The van der Waals surface area contributed by atoms with E-state index >= 15 is 0 Å². The highest BCUT2D eigenvalue weighted by Crippen LogP contribution is 2.23. The van der Waals surface area contributed by atoms with E-state index in [2.05, 4.69) is 43.4 Å². The molecule has 2 aromatic rings. The predicted octanol–water partition coefficient (Wildman–Crippen LogP) is 3.14. The molecule has 1 unspecified atom stereocenters. The maximum atomic E-state index is 5.89. The summed E-state index contributed by atoms with van der Waals surface area (Å²) in [5.74, 6) is 1.69. The van der Waals surface area contributed by atoms with Crippen molar-refractivity contribution in [3.8, 4) is 0 Å². The van der Waals surface area contributed by atoms with E-state index in [-0.39, 0.29) is 0 Å². The van der Waals surface area contributed by atoms with Crippen LogP contribution in [0.5, 0.6) is 0 Å². The molecule has 2 rings (SSSR count). The zero-order valence-corrected chi connectivity index (χ0v) is 10.2. The highest BCUT2D eigenvalue weighted by atomic mass is 16.3. The zero-order chi connectivity index (χ0) is 11.5. The molecule has 0 fully saturated rings. The molecule has 1 aromatic carbocycles. The number of furan rings is 1. The molecule has 1 heterocycles. The van der Waals surface area contributed by atoms with Crippen molar-refractivity contribution in [3.05, 3.63) is 35.6 Å². The van der Waals surface area contributed by atoms with E-state index in [1.54, 1.807) is 0 Å². The summed E-state index contributed by atoms with van der Waals surface area (Å²) in [5.41, 5.74) is 2.25. The third kappa shape index (κ3) is 2.27. The number of hydrogen-bond acceptors (Lipinski definition) is 2. The van der Waals surface area contributed by atoms with Gasteiger partial charge in [0.15, 0.2) is 0 Å². The fraction of sp³-hybridized carbons (Fsp3) is 0.429. The second kappa shape index (κ2) is 4.71. The third-order valence-corrected chi connectivity index (χ3v) is 2.89. The van der Waals surface area contributed by atoms with E-state index in [0.717, 1.165) is 24.3 Å². The Morgan fingerprint density at radius 1 is 1.38 bits per heavy atom. The van der Waals surface area contributed by atoms with E-state index in [1.165, 1.54) is 10.9 Å². The lowest BCUT2D eigenvalue weighted by molar-refractivity contribution is 0.465. The van der Waals surface area contributed by atoms with Gasteiger partial charge in [-0.15, -0.1) is 0 Å². The van der Waals surface area contributed by atoms with Gasteiger partial charge in [-0.2, -0.15) is 0 Å². The van der Waals surface area contributed by atoms with E-state index in [9.17, 15) is 0 Å². The molecule has 1 aromatic heterocycles. The molecule has 2 heteroatoms. The van der Waals surface area contributed by atoms with Crippen LogP contribution in [0.2, 0.25) is 0 Å². The van der Waals surface area contributed by atoms with Gasteiger partial charge in [0.05, 0.1) is 0 Å². The van der Waals surface area contributed by atoms with Crippen LogP contribution in [0.4, 0.5) is 0 Å². The van der Waals surface area contributed by atoms with Crippen molar-refractivity contribution >= 4 is 11.0 Å². The summed E-state index contributed by atoms with van der Waals surface area (Å²) in [4.78, 5) is 0. The Morgan fingerprint density at radius 3 is 2.88 bits per heavy atom. The summed E-state index contributed by atoms with van der Waals surface area (Å²) in [6.07, 6.45) is 0.995. The molecule has 0 amide bonds. The number of benzene rings is 1. The molecule has 0 radical (unpaired) electrons. The average Bonchev–Trinajstić information content (AvgIpc) is 2.62. The first-order valence-electron chi connectivity index (χ1n) is 5.83. The Bertz CT molecular complexity index is 473. The van der Waals surface area contributed by atoms with Crippen LogP contribution in [0, 0.1) is 12.8 Å². The number of nitrogens with one attached hydrogen (secondary N) is 1. The van der Waals surface area contributed by atoms with Crippen LogP contribution >= 0.6 is 0 Å². The fourth-order valence-corrected chi connectivity index (χ4v) is 2.13. The molecule has 0 saturated heterocycles. The lowest BCUT2D eigenvalue weighted by Crippen LogP contribution is -2.17. The fourth-order valence-electron chi connectivity index (χ4n) is 2.13. The monoisotopic (exact) mass is 217 g/mol. The van der Waals surface area contributed by atoms with Crippen LogP contribution in [0.3, 0.4) is 0 Å². The van der Waals surface area contributed by atoms with Gasteiger partial charge in [0.25, 0.3) is 0 Å². The summed E-state index contributed by atoms with van der Waals surface area (Å²) >= 11 is 0. The first-order valence-corrected chi connectivity index (χ1v) is 5.83. The van der Waals surface area contributed by atoms with Gasteiger partial charge in [0.1, 0.15) is 11.3 Å². The van der Waals surface area contributed by atoms with Crippen LogP contribution in [-0.4, -0.2) is 13.6 Å². The number of hydrogen-bond donors (Lipinski definition) is 1. The van der Waals surface area contributed by atoms with Crippen molar-refractivity contribution in [2.45, 2.75) is 20.3 Å². The van der Waals surface area contributed by atoms with Gasteiger partial charge < -0.3 is 9.73 Å². The summed E-state index contributed by atoms with van der Waals surface area (Å²) in [6, 6.07) is 8.44. The molecule has 0 aliphatic carbocycles. The molecule has 0 aliphatic rings. The normalized spacial score (nSPS) is 13.2. The minimum absolute atomic E-state index is 0.603. The van der Waals surface area contributed by atoms with Gasteiger partial charge in [-0.05, 0) is 38.1 Å². The van der Waals surface area contributed by atoms with Crippen molar-refractivity contribution in [1.82, 2.24) is 5.32 Å². The summed E-state index contributed by atoms with van der Waals surface area (Å²) in [7, 11) is 1.99. The number of para-hydroxylation sites is 1. The van der Waals surface area contributed by atoms with Crippen LogP contribution in [-0.2, 0) is 6.42 Å². The molecule has 1 atom stereocenters. The van der Waals surface area contributed by atoms with Gasteiger partial charge in [0.2, 0.25) is 0 Å². The van der Waals surface area contributed by atoms with Gasteiger partial charge in [0, 0.05) is 11.8 Å². The SMILES string of the molecule is CNCC(C)Cc1cc2cccc(C)c2o1. The minimum atomic E-state index is 0.603. The van der Waals surface area contributed by atoms with Crippen molar-refractivity contribution in [2.75, 3.05) is 13.6 Å². The molecule has 1 N–H and O–H groups in total. The van der Waals surface area contributed by atoms with Crippen molar-refractivity contribution in [1.29, 1.82) is 0 Å². The molecule has 0 spiro atoms. The molecular weight excluding hydrogens is 198 g/mol. The second-order valence-corrected chi connectivity index (χ2v) is 4.57. The van der Waals surface area contributed by atoms with Crippen molar-refractivity contribution in [2.24, 2.45) is 5.92 Å². The van der Waals surface area contributed by atoms with E-state index in [1.807, 2.05) is 7.05 Å². The van der Waals surface area contributed by atoms with Crippen molar-refractivity contribution < 1.29 is 4.42 Å². The quantitative estimate of drug-likeness (QED) is 0.851. The van der Waals surface area contributed by atoms with Crippen molar-refractivity contribution in [3.63, 3.8) is 0 Å². The Hall–Kier alpha value is -1.28. The number of rotatable bonds is 4. The van der Waals surface area contributed by atoms with Gasteiger partial charge in [-0.25, -0.2) is 0 Å². The lowest BCUT2D eigenvalue weighted by atomic mass is 10.1. The number of fused-ring (bicyclic) bond motifs is 1. The van der Waals surface area contributed by atoms with Gasteiger partial charge in [-0.1, -0.05) is 25.1 Å². The smallest absolute Gasteiger partial charge is 0.137 e. The first kappa shape index (κ1) is 11.2. The third-order valence-electron chi connectivity index (χ3n) is 2.89. The highest BCUT2D eigenvalue weighted by Gasteiger charge is 2.09. The summed E-state index contributed by atoms with van der Waals surface area (Å²) in [6.45, 7) is 5.35. The van der Waals surface area contributed by atoms with Crippen LogP contribution < -0.4 is 5.32 Å². The Labute approximate surface area is 96.6 Å². The van der Waals surface area contributed by atoms with E-state index in [4.69, 9.17) is 4.42 Å². The molecule has 0 aliphatic heterocycles. The Morgan fingerprint density at radius 2 is 2.19 bits per heavy atom. The van der Waals surface area contributed by atoms with E-state index < -0.39 is 0 Å².